The van der Waals surface area contributed by atoms with E-state index in [1.54, 1.807) is 0 Å². The Kier molecular flexibility index (Phi) is 5.64. The van der Waals surface area contributed by atoms with Crippen LogP contribution in [0.3, 0.4) is 0 Å². The second kappa shape index (κ2) is 7.49. The quantitative estimate of drug-likeness (QED) is 0.569. The van der Waals surface area contributed by atoms with E-state index in [1.807, 2.05) is 19.1 Å². The first kappa shape index (κ1) is 17.3. The van der Waals surface area contributed by atoms with Crippen LogP contribution in [0.5, 0.6) is 0 Å². The summed E-state index contributed by atoms with van der Waals surface area (Å²) in [5.41, 5.74) is 3.80. The molecule has 0 saturated carbocycles. The highest BCUT2D eigenvalue weighted by Gasteiger charge is 2.13. The van der Waals surface area contributed by atoms with Crippen LogP contribution in [0.4, 0.5) is 0 Å². The first-order valence-electron chi connectivity index (χ1n) is 8.30. The van der Waals surface area contributed by atoms with Gasteiger partial charge in [-0.3, -0.25) is 0 Å². The second-order valence-electron chi connectivity index (χ2n) is 6.88. The minimum absolute atomic E-state index is 0.279. The summed E-state index contributed by atoms with van der Waals surface area (Å²) >= 11 is 0. The Morgan fingerprint density at radius 2 is 2.00 bits per heavy atom. The number of ether oxygens (including phenoxy) is 1. The number of aromatic nitrogens is 1. The van der Waals surface area contributed by atoms with E-state index < -0.39 is 0 Å². The number of esters is 1. The molecular formula is C20H27NO2. The van der Waals surface area contributed by atoms with Crippen molar-refractivity contribution in [3.05, 3.63) is 47.7 Å². The first-order chi connectivity index (χ1) is 10.9. The monoisotopic (exact) mass is 313 g/mol. The second-order valence-corrected chi connectivity index (χ2v) is 6.88. The molecule has 1 N–H and O–H groups in total. The van der Waals surface area contributed by atoms with Crippen LogP contribution in [0.1, 0.15) is 50.2 Å². The molecule has 0 aliphatic heterocycles. The number of carbonyl (C=O) groups excluding carboxylic acids is 1. The highest BCUT2D eigenvalue weighted by molar-refractivity contribution is 5.95. The minimum atomic E-state index is -0.279. The number of carbonyl (C=O) groups is 1. The summed E-state index contributed by atoms with van der Waals surface area (Å²) in [6.45, 7) is 13.0. The normalized spacial score (nSPS) is 12.6. The van der Waals surface area contributed by atoms with Crippen LogP contribution in [0.2, 0.25) is 0 Å². The van der Waals surface area contributed by atoms with Gasteiger partial charge in [0, 0.05) is 10.9 Å². The van der Waals surface area contributed by atoms with E-state index in [9.17, 15) is 4.79 Å². The average Bonchev–Trinajstić information content (AvgIpc) is 2.89. The Hall–Kier alpha value is -2.03. The van der Waals surface area contributed by atoms with Crippen molar-refractivity contribution in [1.82, 2.24) is 4.98 Å². The van der Waals surface area contributed by atoms with Gasteiger partial charge in [0.1, 0.15) is 5.69 Å². The van der Waals surface area contributed by atoms with Crippen molar-refractivity contribution in [2.24, 2.45) is 11.8 Å². The van der Waals surface area contributed by atoms with Gasteiger partial charge < -0.3 is 9.72 Å². The van der Waals surface area contributed by atoms with Crippen LogP contribution in [0.25, 0.3) is 10.9 Å². The van der Waals surface area contributed by atoms with Crippen LogP contribution in [0, 0.1) is 11.8 Å². The fourth-order valence-corrected chi connectivity index (χ4v) is 2.50. The molecule has 1 heterocycles. The van der Waals surface area contributed by atoms with E-state index in [-0.39, 0.29) is 5.97 Å². The summed E-state index contributed by atoms with van der Waals surface area (Å²) in [5.74, 6) is 0.877. The van der Waals surface area contributed by atoms with Crippen molar-refractivity contribution >= 4 is 16.9 Å². The third-order valence-electron chi connectivity index (χ3n) is 4.36. The number of nitrogens with one attached hydrogen (secondary N) is 1. The Morgan fingerprint density at radius 3 is 2.65 bits per heavy atom. The maximum atomic E-state index is 12.2. The van der Waals surface area contributed by atoms with Crippen LogP contribution in [0.15, 0.2) is 36.4 Å². The standard InChI is InChI=1S/C20H27NO2/c1-13(2)10-16-6-7-18-17(11-16)12-19(21-18)20(22)23-9-8-15(5)14(3)4/h6-7,11-12,14-15,21H,1,8-10H2,2-5H3. The van der Waals surface area contributed by atoms with Gasteiger partial charge in [0.05, 0.1) is 6.61 Å². The zero-order chi connectivity index (χ0) is 17.0. The van der Waals surface area contributed by atoms with Gasteiger partial charge in [0.2, 0.25) is 0 Å². The maximum Gasteiger partial charge on any atom is 0.354 e. The lowest BCUT2D eigenvalue weighted by Gasteiger charge is -2.14. The number of allylic oxidation sites excluding steroid dienone is 1. The molecule has 0 aliphatic carbocycles. The minimum Gasteiger partial charge on any atom is -0.461 e. The molecule has 2 rings (SSSR count). The Balaban J connectivity index is 2.02. The Bertz CT molecular complexity index is 697. The molecule has 23 heavy (non-hydrogen) atoms. The number of H-pyrrole nitrogens is 1. The van der Waals surface area contributed by atoms with Crippen LogP contribution in [-0.4, -0.2) is 17.6 Å². The Morgan fingerprint density at radius 1 is 1.26 bits per heavy atom. The molecule has 3 nitrogen and oxygen atoms in total. The molecule has 1 atom stereocenters. The van der Waals surface area contributed by atoms with Crippen molar-refractivity contribution in [1.29, 1.82) is 0 Å². The van der Waals surface area contributed by atoms with Gasteiger partial charge >= 0.3 is 5.97 Å². The lowest BCUT2D eigenvalue weighted by atomic mass is 9.95. The van der Waals surface area contributed by atoms with Crippen molar-refractivity contribution < 1.29 is 9.53 Å². The summed E-state index contributed by atoms with van der Waals surface area (Å²) in [7, 11) is 0. The van der Waals surface area contributed by atoms with E-state index in [4.69, 9.17) is 4.74 Å². The molecule has 0 radical (unpaired) electrons. The van der Waals surface area contributed by atoms with E-state index in [2.05, 4.69) is 44.5 Å². The predicted octanol–water partition coefficient (Wildman–Crippen LogP) is 5.13. The molecule has 1 unspecified atom stereocenters. The lowest BCUT2D eigenvalue weighted by molar-refractivity contribution is 0.0471. The molecular weight excluding hydrogens is 286 g/mol. The van der Waals surface area contributed by atoms with Gasteiger partial charge in [-0.1, -0.05) is 39.0 Å². The number of fused-ring (bicyclic) bond motifs is 1. The van der Waals surface area contributed by atoms with Crippen molar-refractivity contribution in [2.45, 2.75) is 40.5 Å². The number of aromatic amines is 1. The van der Waals surface area contributed by atoms with Crippen molar-refractivity contribution in [3.8, 4) is 0 Å². The van der Waals surface area contributed by atoms with E-state index in [1.165, 1.54) is 5.56 Å². The number of benzene rings is 1. The summed E-state index contributed by atoms with van der Waals surface area (Å²) in [5, 5.41) is 1.03. The van der Waals surface area contributed by atoms with Crippen molar-refractivity contribution in [2.75, 3.05) is 6.61 Å². The van der Waals surface area contributed by atoms with Gasteiger partial charge in [-0.2, -0.15) is 0 Å². The summed E-state index contributed by atoms with van der Waals surface area (Å²) in [6, 6.07) is 8.03. The molecule has 3 heteroatoms. The lowest BCUT2D eigenvalue weighted by Crippen LogP contribution is -2.12. The van der Waals surface area contributed by atoms with Gasteiger partial charge in [0.15, 0.2) is 0 Å². The highest BCUT2D eigenvalue weighted by Crippen LogP contribution is 2.20. The SMILES string of the molecule is C=C(C)Cc1ccc2[nH]c(C(=O)OCCC(C)C(C)C)cc2c1. The smallest absolute Gasteiger partial charge is 0.354 e. The van der Waals surface area contributed by atoms with Crippen LogP contribution >= 0.6 is 0 Å². The fourth-order valence-electron chi connectivity index (χ4n) is 2.50. The van der Waals surface area contributed by atoms with Crippen LogP contribution < -0.4 is 0 Å². The predicted molar refractivity (Wildman–Crippen MR) is 95.7 cm³/mol. The van der Waals surface area contributed by atoms with E-state index >= 15 is 0 Å². The van der Waals surface area contributed by atoms with E-state index in [0.717, 1.165) is 29.3 Å². The van der Waals surface area contributed by atoms with Gasteiger partial charge in [-0.15, -0.1) is 0 Å². The molecule has 0 saturated heterocycles. The number of hydrogen-bond acceptors (Lipinski definition) is 2. The molecule has 1 aromatic heterocycles. The summed E-state index contributed by atoms with van der Waals surface area (Å²) in [4.78, 5) is 15.3. The molecule has 0 amide bonds. The average molecular weight is 313 g/mol. The Labute approximate surface area is 138 Å². The largest absolute Gasteiger partial charge is 0.461 e. The molecule has 0 bridgehead atoms. The molecule has 0 fully saturated rings. The fraction of sp³-hybridized carbons (Fsp3) is 0.450. The van der Waals surface area contributed by atoms with E-state index in [0.29, 0.717) is 24.1 Å². The zero-order valence-corrected chi connectivity index (χ0v) is 14.6. The topological polar surface area (TPSA) is 42.1 Å². The molecule has 1 aromatic carbocycles. The molecule has 124 valence electrons. The van der Waals surface area contributed by atoms with Crippen LogP contribution in [-0.2, 0) is 11.2 Å². The summed E-state index contributed by atoms with van der Waals surface area (Å²) < 4.78 is 5.39. The number of hydrogen-bond donors (Lipinski definition) is 1. The van der Waals surface area contributed by atoms with Gasteiger partial charge in [-0.25, -0.2) is 4.79 Å². The van der Waals surface area contributed by atoms with Crippen molar-refractivity contribution in [3.63, 3.8) is 0 Å². The highest BCUT2D eigenvalue weighted by atomic mass is 16.5. The number of rotatable bonds is 7. The first-order valence-corrected chi connectivity index (χ1v) is 8.30. The maximum absolute atomic E-state index is 12.2. The zero-order valence-electron chi connectivity index (χ0n) is 14.6. The molecule has 0 spiro atoms. The molecule has 0 aliphatic rings. The van der Waals surface area contributed by atoms with Gasteiger partial charge in [0.25, 0.3) is 0 Å². The summed E-state index contributed by atoms with van der Waals surface area (Å²) in [6.07, 6.45) is 1.75. The molecule has 2 aromatic rings. The third-order valence-corrected chi connectivity index (χ3v) is 4.36. The third kappa shape index (κ3) is 4.72. The van der Waals surface area contributed by atoms with Gasteiger partial charge in [-0.05, 0) is 55.4 Å².